The van der Waals surface area contributed by atoms with Crippen LogP contribution in [-0.4, -0.2) is 24.5 Å². The van der Waals surface area contributed by atoms with Crippen molar-refractivity contribution in [3.63, 3.8) is 0 Å². The van der Waals surface area contributed by atoms with E-state index in [0.717, 1.165) is 5.56 Å². The quantitative estimate of drug-likeness (QED) is 0.625. The number of pyridine rings is 1. The van der Waals surface area contributed by atoms with Gasteiger partial charge in [-0.1, -0.05) is 24.3 Å². The van der Waals surface area contributed by atoms with Crippen LogP contribution in [0.3, 0.4) is 0 Å². The van der Waals surface area contributed by atoms with E-state index in [1.807, 2.05) is 6.07 Å². The molecule has 1 unspecified atom stereocenters. The molecule has 0 saturated heterocycles. The Morgan fingerprint density at radius 1 is 1.33 bits per heavy atom. The highest BCUT2D eigenvalue weighted by molar-refractivity contribution is 6.08. The molecule has 0 spiro atoms. The van der Waals surface area contributed by atoms with Gasteiger partial charge in [-0.2, -0.15) is 5.26 Å². The van der Waals surface area contributed by atoms with Crippen molar-refractivity contribution in [2.45, 2.75) is 6.04 Å². The number of carbonyl (C=O) groups is 1. The number of nitriles is 1. The van der Waals surface area contributed by atoms with E-state index in [1.165, 1.54) is 18.3 Å². The molecule has 3 rings (SSSR count). The molecule has 0 bridgehead atoms. The number of nitrogens with one attached hydrogen (secondary N) is 2. The molecule has 1 amide bonds. The van der Waals surface area contributed by atoms with Gasteiger partial charge in [0.15, 0.2) is 0 Å². The number of nitrogens with zero attached hydrogens (tertiary/aromatic N) is 2. The first-order valence-corrected chi connectivity index (χ1v) is 8.33. The van der Waals surface area contributed by atoms with E-state index in [-0.39, 0.29) is 17.4 Å². The average Bonchev–Trinajstić information content (AvgIpc) is 2.67. The number of hydrogen-bond acceptors (Lipinski definition) is 5. The summed E-state index contributed by atoms with van der Waals surface area (Å²) < 4.78 is 13.7. The van der Waals surface area contributed by atoms with Gasteiger partial charge in [0, 0.05) is 18.1 Å². The molecule has 1 heterocycles. The van der Waals surface area contributed by atoms with Gasteiger partial charge in [0.2, 0.25) is 0 Å². The van der Waals surface area contributed by atoms with Gasteiger partial charge in [-0.3, -0.25) is 9.78 Å². The molecule has 6 nitrogen and oxygen atoms in total. The van der Waals surface area contributed by atoms with Crippen LogP contribution in [0, 0.1) is 17.1 Å². The molecule has 7 heteroatoms. The number of primary amides is 1. The Morgan fingerprint density at radius 2 is 2.11 bits per heavy atom. The van der Waals surface area contributed by atoms with Crippen LogP contribution in [-0.2, 0) is 0 Å². The van der Waals surface area contributed by atoms with Gasteiger partial charge in [0.25, 0.3) is 5.91 Å². The average molecular weight is 363 g/mol. The van der Waals surface area contributed by atoms with Crippen molar-refractivity contribution in [2.24, 2.45) is 5.73 Å². The lowest BCUT2D eigenvalue weighted by Crippen LogP contribution is -2.24. The summed E-state index contributed by atoms with van der Waals surface area (Å²) in [6, 6.07) is 13.1. The number of nitrogens with two attached hydrogens (primary N) is 1. The molecule has 27 heavy (non-hydrogen) atoms. The highest BCUT2D eigenvalue weighted by Crippen LogP contribution is 2.31. The molecule has 2 aromatic carbocycles. The van der Waals surface area contributed by atoms with Gasteiger partial charge in [0.1, 0.15) is 11.9 Å². The third-order valence-electron chi connectivity index (χ3n) is 4.26. The second-order valence-electron chi connectivity index (χ2n) is 6.03. The maximum atomic E-state index is 13.7. The van der Waals surface area contributed by atoms with Crippen LogP contribution in [0.15, 0.2) is 48.7 Å². The smallest absolute Gasteiger partial charge is 0.250 e. The van der Waals surface area contributed by atoms with E-state index in [1.54, 1.807) is 31.3 Å². The van der Waals surface area contributed by atoms with E-state index < -0.39 is 5.91 Å². The molecule has 4 N–H and O–H groups in total. The summed E-state index contributed by atoms with van der Waals surface area (Å²) in [4.78, 5) is 15.9. The zero-order valence-corrected chi connectivity index (χ0v) is 14.7. The Morgan fingerprint density at radius 3 is 2.78 bits per heavy atom. The summed E-state index contributed by atoms with van der Waals surface area (Å²) in [6.45, 7) is 0.494. The predicted octanol–water partition coefficient (Wildman–Crippen LogP) is 2.72. The molecular formula is C20H18FN5O. The second-order valence-corrected chi connectivity index (χ2v) is 6.03. The van der Waals surface area contributed by atoms with E-state index in [4.69, 9.17) is 5.73 Å². The van der Waals surface area contributed by atoms with Gasteiger partial charge in [0.05, 0.1) is 28.4 Å². The first-order chi connectivity index (χ1) is 13.0. The van der Waals surface area contributed by atoms with Gasteiger partial charge in [-0.15, -0.1) is 0 Å². The minimum atomic E-state index is -0.597. The molecule has 0 aliphatic heterocycles. The highest BCUT2D eigenvalue weighted by Gasteiger charge is 2.18. The van der Waals surface area contributed by atoms with Gasteiger partial charge in [-0.05, 0) is 30.8 Å². The maximum Gasteiger partial charge on any atom is 0.250 e. The Bertz CT molecular complexity index is 1040. The topological polar surface area (TPSA) is 104 Å². The van der Waals surface area contributed by atoms with Crippen LogP contribution in [0.5, 0.6) is 0 Å². The van der Waals surface area contributed by atoms with Gasteiger partial charge >= 0.3 is 0 Å². The number of carbonyl (C=O) groups excluding carboxylic acids is 1. The van der Waals surface area contributed by atoms with E-state index in [2.05, 4.69) is 21.7 Å². The van der Waals surface area contributed by atoms with Crippen LogP contribution >= 0.6 is 0 Å². The van der Waals surface area contributed by atoms with Crippen molar-refractivity contribution in [3.8, 4) is 6.07 Å². The number of hydrogen-bond donors (Lipinski definition) is 3. The lowest BCUT2D eigenvalue weighted by atomic mass is 10.0. The SMILES string of the molecule is CNCC(Nc1c(C#N)cnc2c(C(N)=O)cccc12)c1cccc(F)c1. The van der Waals surface area contributed by atoms with Crippen molar-refractivity contribution in [2.75, 3.05) is 18.9 Å². The van der Waals surface area contributed by atoms with Crippen LogP contribution in [0.2, 0.25) is 0 Å². The predicted molar refractivity (Wildman–Crippen MR) is 102 cm³/mol. The third kappa shape index (κ3) is 3.71. The molecule has 136 valence electrons. The zero-order valence-electron chi connectivity index (χ0n) is 14.7. The summed E-state index contributed by atoms with van der Waals surface area (Å²) in [5, 5.41) is 16.5. The van der Waals surface area contributed by atoms with Crippen molar-refractivity contribution in [1.82, 2.24) is 10.3 Å². The van der Waals surface area contributed by atoms with Crippen molar-refractivity contribution in [1.29, 1.82) is 5.26 Å². The van der Waals surface area contributed by atoms with Crippen LogP contribution in [0.4, 0.5) is 10.1 Å². The molecule has 0 fully saturated rings. The Hall–Kier alpha value is -3.50. The fourth-order valence-electron chi connectivity index (χ4n) is 3.02. The van der Waals surface area contributed by atoms with Gasteiger partial charge < -0.3 is 16.4 Å². The Labute approximate surface area is 155 Å². The Kier molecular flexibility index (Phi) is 5.29. The monoisotopic (exact) mass is 363 g/mol. The number of anilines is 1. The summed E-state index contributed by atoms with van der Waals surface area (Å²) in [5.74, 6) is -0.938. The van der Waals surface area contributed by atoms with Crippen molar-refractivity contribution >= 4 is 22.5 Å². The number of benzene rings is 2. The number of amides is 1. The normalized spacial score (nSPS) is 11.7. The van der Waals surface area contributed by atoms with E-state index in [9.17, 15) is 14.4 Å². The minimum Gasteiger partial charge on any atom is -0.375 e. The summed E-state index contributed by atoms with van der Waals surface area (Å²) >= 11 is 0. The fraction of sp³-hybridized carbons (Fsp3) is 0.150. The first kappa shape index (κ1) is 18.3. The van der Waals surface area contributed by atoms with Gasteiger partial charge in [-0.25, -0.2) is 4.39 Å². The maximum absolute atomic E-state index is 13.7. The fourth-order valence-corrected chi connectivity index (χ4v) is 3.02. The number of halogens is 1. The lowest BCUT2D eigenvalue weighted by Gasteiger charge is -2.22. The summed E-state index contributed by atoms with van der Waals surface area (Å²) in [5.41, 5.74) is 7.70. The number of para-hydroxylation sites is 1. The molecule has 0 aliphatic carbocycles. The van der Waals surface area contributed by atoms with E-state index in [0.29, 0.717) is 28.7 Å². The molecule has 3 aromatic rings. The molecule has 0 aliphatic rings. The van der Waals surface area contributed by atoms with Crippen LogP contribution in [0.25, 0.3) is 10.9 Å². The van der Waals surface area contributed by atoms with Crippen molar-refractivity contribution < 1.29 is 9.18 Å². The standard InChI is InChI=1S/C20H18FN5O/c1-24-11-17(12-4-2-5-14(21)8-12)26-18-13(9-22)10-25-19-15(18)6-3-7-16(19)20(23)27/h2-8,10,17,24H,11H2,1H3,(H2,23,27)(H,25,26). The molecule has 0 radical (unpaired) electrons. The first-order valence-electron chi connectivity index (χ1n) is 8.33. The number of fused-ring (bicyclic) bond motifs is 1. The minimum absolute atomic E-state index is 0.274. The second kappa shape index (κ2) is 7.81. The largest absolute Gasteiger partial charge is 0.375 e. The van der Waals surface area contributed by atoms with Crippen LogP contribution < -0.4 is 16.4 Å². The summed E-state index contributed by atoms with van der Waals surface area (Å²) in [6.07, 6.45) is 1.40. The molecule has 1 aromatic heterocycles. The number of aromatic nitrogens is 1. The highest BCUT2D eigenvalue weighted by atomic mass is 19.1. The van der Waals surface area contributed by atoms with Crippen molar-refractivity contribution in [3.05, 3.63) is 71.2 Å². The zero-order chi connectivity index (χ0) is 19.4. The van der Waals surface area contributed by atoms with Crippen LogP contribution in [0.1, 0.15) is 27.5 Å². The lowest BCUT2D eigenvalue weighted by molar-refractivity contribution is 0.100. The number of rotatable bonds is 6. The third-order valence-corrected chi connectivity index (χ3v) is 4.26. The summed E-state index contributed by atoms with van der Waals surface area (Å²) in [7, 11) is 1.79. The molecular weight excluding hydrogens is 345 g/mol. The van der Waals surface area contributed by atoms with E-state index >= 15 is 0 Å². The number of likely N-dealkylation sites (N-methyl/N-ethyl adjacent to an activating group) is 1. The molecule has 0 saturated carbocycles. The molecule has 1 atom stereocenters. The Balaban J connectivity index is 2.15.